The first kappa shape index (κ1) is 15.6. The third-order valence-corrected chi connectivity index (χ3v) is 4.59. The van der Waals surface area contributed by atoms with Gasteiger partial charge in [-0.25, -0.2) is 0 Å². The molecule has 124 valence electrons. The summed E-state index contributed by atoms with van der Waals surface area (Å²) in [5.41, 5.74) is 6.14. The molecule has 0 bridgehead atoms. The van der Waals surface area contributed by atoms with Crippen molar-refractivity contribution >= 4 is 0 Å². The van der Waals surface area contributed by atoms with E-state index in [1.807, 2.05) is 30.5 Å². The van der Waals surface area contributed by atoms with E-state index in [0.29, 0.717) is 5.56 Å². The molecule has 5 nitrogen and oxygen atoms in total. The van der Waals surface area contributed by atoms with Gasteiger partial charge in [-0.3, -0.25) is 14.6 Å². The van der Waals surface area contributed by atoms with Crippen LogP contribution in [-0.4, -0.2) is 26.2 Å². The predicted octanol–water partition coefficient (Wildman–Crippen LogP) is 3.14. The molecule has 0 unspecified atom stereocenters. The summed E-state index contributed by atoms with van der Waals surface area (Å²) < 4.78 is 2.09. The lowest BCUT2D eigenvalue weighted by Gasteiger charge is -2.27. The maximum absolute atomic E-state index is 9.05. The lowest BCUT2D eigenvalue weighted by molar-refractivity contribution is 0.205. The number of nitrogens with zero attached hydrogens (tertiary/aromatic N) is 5. The summed E-state index contributed by atoms with van der Waals surface area (Å²) in [5, 5.41) is 13.8. The van der Waals surface area contributed by atoms with Crippen LogP contribution in [0.1, 0.15) is 22.4 Å². The SMILES string of the molecule is Cc1cccnc1-c1cc2n(n1)CCN(Cc1cccc(C#N)c1)C2. The minimum Gasteiger partial charge on any atom is -0.291 e. The van der Waals surface area contributed by atoms with Gasteiger partial charge in [0.1, 0.15) is 5.69 Å². The number of aromatic nitrogens is 3. The highest BCUT2D eigenvalue weighted by atomic mass is 15.3. The normalized spacial score (nSPS) is 14.1. The van der Waals surface area contributed by atoms with Crippen molar-refractivity contribution in [3.8, 4) is 17.5 Å². The molecular formula is C20H19N5. The van der Waals surface area contributed by atoms with Gasteiger partial charge >= 0.3 is 0 Å². The Balaban J connectivity index is 1.54. The second-order valence-corrected chi connectivity index (χ2v) is 6.44. The van der Waals surface area contributed by atoms with Crippen molar-refractivity contribution in [3.63, 3.8) is 0 Å². The molecule has 0 N–H and O–H groups in total. The average Bonchev–Trinajstić information content (AvgIpc) is 3.05. The Bertz CT molecular complexity index is 951. The molecule has 1 aliphatic rings. The minimum atomic E-state index is 0.715. The van der Waals surface area contributed by atoms with Crippen molar-refractivity contribution < 1.29 is 0 Å². The number of benzene rings is 1. The molecule has 0 aliphatic carbocycles. The van der Waals surface area contributed by atoms with Crippen molar-refractivity contribution in [2.24, 2.45) is 0 Å². The zero-order valence-electron chi connectivity index (χ0n) is 14.2. The van der Waals surface area contributed by atoms with Crippen molar-refractivity contribution in [3.05, 3.63) is 71.0 Å². The average molecular weight is 329 g/mol. The number of rotatable bonds is 3. The highest BCUT2D eigenvalue weighted by Gasteiger charge is 2.20. The molecule has 25 heavy (non-hydrogen) atoms. The summed E-state index contributed by atoms with van der Waals surface area (Å²) in [4.78, 5) is 6.87. The lowest BCUT2D eigenvalue weighted by Crippen LogP contribution is -2.33. The van der Waals surface area contributed by atoms with Crippen molar-refractivity contribution in [1.29, 1.82) is 5.26 Å². The Morgan fingerprint density at radius 1 is 1.16 bits per heavy atom. The van der Waals surface area contributed by atoms with Crippen LogP contribution in [-0.2, 0) is 19.6 Å². The summed E-state index contributed by atoms with van der Waals surface area (Å²) in [6.45, 7) is 5.59. The standard InChI is InChI=1S/C20H19N5/c1-15-4-3-7-22-20(15)19-11-18-14-24(8-9-25(18)23-19)13-17-6-2-5-16(10-17)12-21/h2-7,10-11H,8-9,13-14H2,1H3. The first-order chi connectivity index (χ1) is 12.2. The molecule has 5 heteroatoms. The predicted molar refractivity (Wildman–Crippen MR) is 95.5 cm³/mol. The Morgan fingerprint density at radius 3 is 2.92 bits per heavy atom. The van der Waals surface area contributed by atoms with Gasteiger partial charge in [0.05, 0.1) is 29.6 Å². The minimum absolute atomic E-state index is 0.715. The van der Waals surface area contributed by atoms with Crippen molar-refractivity contribution in [2.75, 3.05) is 6.54 Å². The first-order valence-electron chi connectivity index (χ1n) is 8.43. The highest BCUT2D eigenvalue weighted by Crippen LogP contribution is 2.23. The highest BCUT2D eigenvalue weighted by molar-refractivity contribution is 5.58. The lowest BCUT2D eigenvalue weighted by atomic mass is 10.1. The number of hydrogen-bond acceptors (Lipinski definition) is 4. The summed E-state index contributed by atoms with van der Waals surface area (Å²) in [6, 6.07) is 16.2. The molecule has 3 heterocycles. The topological polar surface area (TPSA) is 57.7 Å². The third kappa shape index (κ3) is 3.17. The fraction of sp³-hybridized carbons (Fsp3) is 0.250. The Hall–Kier alpha value is -2.97. The van der Waals surface area contributed by atoms with Crippen LogP contribution in [0.2, 0.25) is 0 Å². The van der Waals surface area contributed by atoms with Crippen molar-refractivity contribution in [2.45, 2.75) is 26.6 Å². The molecule has 2 aromatic heterocycles. The number of aryl methyl sites for hydroxylation is 1. The molecule has 3 aromatic rings. The van der Waals surface area contributed by atoms with E-state index in [9.17, 15) is 0 Å². The smallest absolute Gasteiger partial charge is 0.111 e. The van der Waals surface area contributed by atoms with Gasteiger partial charge < -0.3 is 0 Å². The van der Waals surface area contributed by atoms with Gasteiger partial charge in [-0.15, -0.1) is 0 Å². The molecule has 0 fully saturated rings. The van der Waals surface area contributed by atoms with Crippen LogP contribution in [0.15, 0.2) is 48.7 Å². The molecule has 0 saturated carbocycles. The van der Waals surface area contributed by atoms with Gasteiger partial charge in [0, 0.05) is 25.8 Å². The molecule has 0 spiro atoms. The van der Waals surface area contributed by atoms with Crippen LogP contribution in [0.5, 0.6) is 0 Å². The second-order valence-electron chi connectivity index (χ2n) is 6.44. The quantitative estimate of drug-likeness (QED) is 0.741. The molecular weight excluding hydrogens is 310 g/mol. The number of fused-ring (bicyclic) bond motifs is 1. The van der Waals surface area contributed by atoms with E-state index >= 15 is 0 Å². The largest absolute Gasteiger partial charge is 0.291 e. The van der Waals surface area contributed by atoms with Crippen LogP contribution < -0.4 is 0 Å². The van der Waals surface area contributed by atoms with Crippen LogP contribution in [0.4, 0.5) is 0 Å². The Morgan fingerprint density at radius 2 is 2.08 bits per heavy atom. The van der Waals surface area contributed by atoms with Gasteiger partial charge in [-0.05, 0) is 42.3 Å². The molecule has 0 saturated heterocycles. The van der Waals surface area contributed by atoms with Crippen LogP contribution in [0, 0.1) is 18.3 Å². The van der Waals surface area contributed by atoms with Crippen LogP contribution in [0.25, 0.3) is 11.4 Å². The number of hydrogen-bond donors (Lipinski definition) is 0. The van der Waals surface area contributed by atoms with E-state index in [4.69, 9.17) is 10.4 Å². The Labute approximate surface area is 147 Å². The summed E-state index contributed by atoms with van der Waals surface area (Å²) in [7, 11) is 0. The van der Waals surface area contributed by atoms with E-state index in [1.54, 1.807) is 0 Å². The van der Waals surface area contributed by atoms with Gasteiger partial charge in [0.25, 0.3) is 0 Å². The molecule has 0 atom stereocenters. The van der Waals surface area contributed by atoms with E-state index < -0.39 is 0 Å². The van der Waals surface area contributed by atoms with Crippen molar-refractivity contribution in [1.82, 2.24) is 19.7 Å². The Kier molecular flexibility index (Phi) is 4.04. The zero-order valence-corrected chi connectivity index (χ0v) is 14.2. The second kappa shape index (κ2) is 6.50. The van der Waals surface area contributed by atoms with Gasteiger partial charge in [0.2, 0.25) is 0 Å². The molecule has 1 aliphatic heterocycles. The van der Waals surface area contributed by atoms with Crippen LogP contribution in [0.3, 0.4) is 0 Å². The number of nitriles is 1. The maximum Gasteiger partial charge on any atom is 0.111 e. The molecule has 1 aromatic carbocycles. The van der Waals surface area contributed by atoms with E-state index in [-0.39, 0.29) is 0 Å². The van der Waals surface area contributed by atoms with E-state index in [2.05, 4.69) is 45.8 Å². The third-order valence-electron chi connectivity index (χ3n) is 4.59. The fourth-order valence-corrected chi connectivity index (χ4v) is 3.32. The van der Waals surface area contributed by atoms with E-state index in [0.717, 1.165) is 43.1 Å². The zero-order chi connectivity index (χ0) is 17.2. The summed E-state index contributed by atoms with van der Waals surface area (Å²) >= 11 is 0. The monoisotopic (exact) mass is 329 g/mol. The van der Waals surface area contributed by atoms with Crippen LogP contribution >= 0.6 is 0 Å². The summed E-state index contributed by atoms with van der Waals surface area (Å²) in [6.07, 6.45) is 1.81. The molecule has 4 rings (SSSR count). The fourth-order valence-electron chi connectivity index (χ4n) is 3.32. The van der Waals surface area contributed by atoms with Gasteiger partial charge in [-0.1, -0.05) is 18.2 Å². The summed E-state index contributed by atoms with van der Waals surface area (Å²) in [5.74, 6) is 0. The maximum atomic E-state index is 9.05. The molecule has 0 radical (unpaired) electrons. The first-order valence-corrected chi connectivity index (χ1v) is 8.43. The molecule has 0 amide bonds. The number of pyridine rings is 1. The van der Waals surface area contributed by atoms with Gasteiger partial charge in [-0.2, -0.15) is 10.4 Å². The van der Waals surface area contributed by atoms with Gasteiger partial charge in [0.15, 0.2) is 0 Å². The van der Waals surface area contributed by atoms with E-state index in [1.165, 1.54) is 11.3 Å².